The highest BCUT2D eigenvalue weighted by Crippen LogP contribution is 2.28. The molecular formula is C18H19N4S+. The van der Waals surface area contributed by atoms with Crippen molar-refractivity contribution in [1.82, 2.24) is 4.98 Å². The highest BCUT2D eigenvalue weighted by Gasteiger charge is 2.23. The predicted octanol–water partition coefficient (Wildman–Crippen LogP) is 4.24. The van der Waals surface area contributed by atoms with Crippen LogP contribution in [-0.2, 0) is 0 Å². The number of aliphatic imine (C=N–C) groups is 1. The molecule has 0 unspecified atom stereocenters. The van der Waals surface area contributed by atoms with E-state index in [0.29, 0.717) is 0 Å². The standard InChI is InChI=1S/C18H19N4S/c1-3-22(4-2)16-7-5-15(6-8-16)20-18-21-17(13-23-18)14-9-11-19-12-10-14/h5-12H,3-4H2,1-2H3,(H,20,21)/q+1. The van der Waals surface area contributed by atoms with Gasteiger partial charge in [0.05, 0.1) is 12.1 Å². The summed E-state index contributed by atoms with van der Waals surface area (Å²) in [7, 11) is 0. The van der Waals surface area contributed by atoms with Crippen LogP contribution in [0.4, 0.5) is 11.4 Å². The third-order valence-corrected chi connectivity index (χ3v) is 4.34. The van der Waals surface area contributed by atoms with Crippen LogP contribution in [0.5, 0.6) is 0 Å². The Balaban J connectivity index is 1.67. The number of nitrogens with zero attached hydrogens (tertiary/aromatic N) is 3. The van der Waals surface area contributed by atoms with Crippen LogP contribution in [0.15, 0.2) is 53.8 Å². The summed E-state index contributed by atoms with van der Waals surface area (Å²) in [5.74, 6) is 0. The number of thioether (sulfide) groups is 1. The van der Waals surface area contributed by atoms with Gasteiger partial charge in [0.2, 0.25) is 5.17 Å². The number of nitrogens with one attached hydrogen (secondary N) is 1. The molecule has 1 aromatic heterocycles. The van der Waals surface area contributed by atoms with E-state index in [9.17, 15) is 0 Å². The Morgan fingerprint density at radius 3 is 2.39 bits per heavy atom. The predicted molar refractivity (Wildman–Crippen MR) is 99.5 cm³/mol. The summed E-state index contributed by atoms with van der Waals surface area (Å²) in [6.45, 7) is 6.36. The second-order valence-electron chi connectivity index (χ2n) is 5.05. The summed E-state index contributed by atoms with van der Waals surface area (Å²) in [6, 6.07) is 12.3. The first kappa shape index (κ1) is 15.5. The van der Waals surface area contributed by atoms with Gasteiger partial charge in [-0.05, 0) is 38.1 Å². The minimum Gasteiger partial charge on any atom is -0.372 e. The van der Waals surface area contributed by atoms with E-state index < -0.39 is 0 Å². The molecule has 1 aromatic carbocycles. The van der Waals surface area contributed by atoms with E-state index in [1.807, 2.05) is 12.1 Å². The number of benzene rings is 1. The lowest BCUT2D eigenvalue weighted by Gasteiger charge is -2.21. The molecule has 0 radical (unpaired) electrons. The number of pyridine rings is 1. The van der Waals surface area contributed by atoms with Gasteiger partial charge in [-0.25, -0.2) is 0 Å². The summed E-state index contributed by atoms with van der Waals surface area (Å²) >= 11 is 1.48. The molecule has 0 saturated carbocycles. The molecule has 1 N–H and O–H groups in total. The molecule has 3 rings (SSSR count). The van der Waals surface area contributed by atoms with Crippen molar-refractivity contribution in [2.75, 3.05) is 23.3 Å². The number of aromatic nitrogens is 1. The Hall–Kier alpha value is -2.36. The minimum atomic E-state index is 0.840. The van der Waals surface area contributed by atoms with Crippen molar-refractivity contribution in [3.8, 4) is 0 Å². The zero-order chi connectivity index (χ0) is 16.1. The first-order chi connectivity index (χ1) is 11.3. The maximum absolute atomic E-state index is 4.58. The van der Waals surface area contributed by atoms with Gasteiger partial charge < -0.3 is 10.2 Å². The van der Waals surface area contributed by atoms with Crippen molar-refractivity contribution in [3.05, 3.63) is 59.8 Å². The van der Waals surface area contributed by atoms with Crippen molar-refractivity contribution in [1.29, 1.82) is 0 Å². The fourth-order valence-corrected chi connectivity index (χ4v) is 3.06. The normalized spacial score (nSPS) is 13.1. The maximum atomic E-state index is 4.58. The van der Waals surface area contributed by atoms with Gasteiger partial charge in [0.1, 0.15) is 17.3 Å². The number of amidine groups is 1. The largest absolute Gasteiger partial charge is 0.372 e. The number of anilines is 2. The average molecular weight is 323 g/mol. The first-order valence-corrected chi connectivity index (χ1v) is 8.52. The van der Waals surface area contributed by atoms with E-state index in [2.05, 4.69) is 63.7 Å². The molecule has 2 aromatic rings. The lowest BCUT2D eigenvalue weighted by Crippen LogP contribution is -2.21. The smallest absolute Gasteiger partial charge is 0.305 e. The van der Waals surface area contributed by atoms with Crippen molar-refractivity contribution in [2.24, 2.45) is 4.99 Å². The molecule has 5 heteroatoms. The van der Waals surface area contributed by atoms with Crippen molar-refractivity contribution in [2.45, 2.75) is 13.8 Å². The van der Waals surface area contributed by atoms with E-state index in [0.717, 1.165) is 35.2 Å². The lowest BCUT2D eigenvalue weighted by atomic mass is 10.2. The minimum absolute atomic E-state index is 0.840. The number of hydrogen-bond donors (Lipinski definition) is 1. The van der Waals surface area contributed by atoms with Gasteiger partial charge in [-0.3, -0.25) is 4.98 Å². The molecule has 4 nitrogen and oxygen atoms in total. The van der Waals surface area contributed by atoms with Gasteiger partial charge in [0.25, 0.3) is 0 Å². The molecular weight excluding hydrogens is 304 g/mol. The zero-order valence-corrected chi connectivity index (χ0v) is 14.1. The van der Waals surface area contributed by atoms with Gasteiger partial charge in [0, 0.05) is 36.9 Å². The molecule has 1 aliphatic rings. The summed E-state index contributed by atoms with van der Waals surface area (Å²) in [5.41, 5.74) is 4.15. The average Bonchev–Trinajstić information content (AvgIpc) is 3.07. The monoisotopic (exact) mass is 323 g/mol. The zero-order valence-electron chi connectivity index (χ0n) is 13.3. The van der Waals surface area contributed by atoms with Crippen LogP contribution in [-0.4, -0.2) is 23.2 Å². The molecule has 1 aliphatic heterocycles. The Morgan fingerprint density at radius 2 is 1.74 bits per heavy atom. The Kier molecular flexibility index (Phi) is 4.91. The fourth-order valence-electron chi connectivity index (χ4n) is 2.40. The van der Waals surface area contributed by atoms with E-state index in [4.69, 9.17) is 0 Å². The van der Waals surface area contributed by atoms with Crippen molar-refractivity contribution < 1.29 is 0 Å². The van der Waals surface area contributed by atoms with E-state index in [1.165, 1.54) is 17.4 Å². The molecule has 116 valence electrons. The second-order valence-corrected chi connectivity index (χ2v) is 5.84. The highest BCUT2D eigenvalue weighted by atomic mass is 32.2. The van der Waals surface area contributed by atoms with Crippen LogP contribution < -0.4 is 10.2 Å². The third kappa shape index (κ3) is 3.70. The number of rotatable bonds is 5. The summed E-state index contributed by atoms with van der Waals surface area (Å²) in [6.07, 6.45) is 3.53. The highest BCUT2D eigenvalue weighted by molar-refractivity contribution is 8.16. The SMILES string of the molecule is CCN(CC)c1ccc(NC2=NC(c3ccncc3)=[C+]S2)cc1. The first-order valence-electron chi connectivity index (χ1n) is 7.71. The molecule has 0 saturated heterocycles. The van der Waals surface area contributed by atoms with E-state index in [-0.39, 0.29) is 0 Å². The Labute approximate surface area is 141 Å². The lowest BCUT2D eigenvalue weighted by molar-refractivity contribution is 0.866. The molecule has 0 atom stereocenters. The van der Waals surface area contributed by atoms with Crippen LogP contribution in [0.25, 0.3) is 5.70 Å². The van der Waals surface area contributed by atoms with Gasteiger partial charge in [-0.1, -0.05) is 0 Å². The van der Waals surface area contributed by atoms with Crippen LogP contribution in [0.2, 0.25) is 0 Å². The van der Waals surface area contributed by atoms with Gasteiger partial charge >= 0.3 is 5.70 Å². The third-order valence-electron chi connectivity index (χ3n) is 3.66. The molecule has 0 aliphatic carbocycles. The van der Waals surface area contributed by atoms with Gasteiger partial charge in [0.15, 0.2) is 5.41 Å². The molecule has 0 amide bonds. The fraction of sp³-hybridized carbons (Fsp3) is 0.222. The number of hydrogen-bond acceptors (Lipinski definition) is 5. The van der Waals surface area contributed by atoms with E-state index in [1.54, 1.807) is 12.4 Å². The van der Waals surface area contributed by atoms with Crippen LogP contribution >= 0.6 is 11.8 Å². The van der Waals surface area contributed by atoms with Crippen molar-refractivity contribution in [3.63, 3.8) is 0 Å². The Bertz CT molecular complexity index is 704. The Morgan fingerprint density at radius 1 is 1.04 bits per heavy atom. The quantitative estimate of drug-likeness (QED) is 0.835. The molecule has 23 heavy (non-hydrogen) atoms. The topological polar surface area (TPSA) is 40.5 Å². The van der Waals surface area contributed by atoms with Crippen LogP contribution in [0.3, 0.4) is 0 Å². The van der Waals surface area contributed by atoms with Gasteiger partial charge in [-0.2, -0.15) is 4.99 Å². The molecule has 0 fully saturated rings. The molecule has 0 spiro atoms. The maximum Gasteiger partial charge on any atom is 0.305 e. The van der Waals surface area contributed by atoms with Crippen molar-refractivity contribution >= 4 is 34.0 Å². The van der Waals surface area contributed by atoms with E-state index >= 15 is 0 Å². The molecule has 0 bridgehead atoms. The summed E-state index contributed by atoms with van der Waals surface area (Å²) < 4.78 is 0. The second kappa shape index (κ2) is 7.27. The summed E-state index contributed by atoms with van der Waals surface area (Å²) in [5, 5.41) is 7.40. The van der Waals surface area contributed by atoms with Crippen LogP contribution in [0, 0.1) is 5.41 Å². The summed E-state index contributed by atoms with van der Waals surface area (Å²) in [4.78, 5) is 10.9. The van der Waals surface area contributed by atoms with Crippen LogP contribution in [0.1, 0.15) is 19.4 Å². The van der Waals surface area contributed by atoms with Gasteiger partial charge in [-0.15, -0.1) is 0 Å². The molecule has 2 heterocycles.